The molecule has 0 bridgehead atoms. The molecule has 0 aromatic carbocycles. The number of hydrogen-bond acceptors (Lipinski definition) is 5. The Labute approximate surface area is 116 Å². The topological polar surface area (TPSA) is 42.2 Å². The van der Waals surface area contributed by atoms with E-state index in [0.29, 0.717) is 12.0 Å². The van der Waals surface area contributed by atoms with E-state index in [2.05, 4.69) is 31.9 Å². The number of nitrogens with zero attached hydrogens (tertiary/aromatic N) is 3. The standard InChI is InChI=1S/C14H17N3OS/c1-2-12(11-5-7-19-9-11)17(6-1)8-13-15-14(16-18-13)10-3-4-10/h5,7,9-10,12H,1-4,6,8H2. The highest BCUT2D eigenvalue weighted by molar-refractivity contribution is 7.07. The van der Waals surface area contributed by atoms with Crippen LogP contribution < -0.4 is 0 Å². The van der Waals surface area contributed by atoms with Gasteiger partial charge in [-0.3, -0.25) is 4.90 Å². The molecule has 1 aliphatic heterocycles. The van der Waals surface area contributed by atoms with Gasteiger partial charge in [0.1, 0.15) is 0 Å². The lowest BCUT2D eigenvalue weighted by Gasteiger charge is -2.21. The first kappa shape index (κ1) is 11.6. The molecule has 2 aromatic heterocycles. The van der Waals surface area contributed by atoms with Gasteiger partial charge in [-0.05, 0) is 54.6 Å². The lowest BCUT2D eigenvalue weighted by molar-refractivity contribution is 0.212. The van der Waals surface area contributed by atoms with Crippen LogP contribution in [0.4, 0.5) is 0 Å². The molecule has 2 aliphatic rings. The van der Waals surface area contributed by atoms with Gasteiger partial charge in [-0.2, -0.15) is 16.3 Å². The molecule has 2 aromatic rings. The van der Waals surface area contributed by atoms with Crippen LogP contribution in [-0.4, -0.2) is 21.6 Å². The van der Waals surface area contributed by atoms with Crippen LogP contribution in [0.15, 0.2) is 21.3 Å². The third-order valence-electron chi connectivity index (χ3n) is 4.06. The van der Waals surface area contributed by atoms with Gasteiger partial charge < -0.3 is 4.52 Å². The molecule has 19 heavy (non-hydrogen) atoms. The molecule has 0 radical (unpaired) electrons. The second kappa shape index (κ2) is 4.72. The summed E-state index contributed by atoms with van der Waals surface area (Å²) in [5.74, 6) is 2.27. The predicted molar refractivity (Wildman–Crippen MR) is 73.0 cm³/mol. The first-order chi connectivity index (χ1) is 9.40. The maximum Gasteiger partial charge on any atom is 0.240 e. The zero-order chi connectivity index (χ0) is 12.7. The third kappa shape index (κ3) is 2.32. The highest BCUT2D eigenvalue weighted by Gasteiger charge is 2.31. The van der Waals surface area contributed by atoms with Gasteiger partial charge in [-0.15, -0.1) is 0 Å². The van der Waals surface area contributed by atoms with Gasteiger partial charge in [0.05, 0.1) is 6.54 Å². The summed E-state index contributed by atoms with van der Waals surface area (Å²) in [5.41, 5.74) is 1.43. The van der Waals surface area contributed by atoms with Crippen LogP contribution >= 0.6 is 11.3 Å². The third-order valence-corrected chi connectivity index (χ3v) is 4.76. The first-order valence-electron chi connectivity index (χ1n) is 6.99. The molecule has 1 aliphatic carbocycles. The SMILES string of the molecule is c1cc(C2CCCN2Cc2nc(C3CC3)no2)cs1. The molecule has 1 unspecified atom stereocenters. The smallest absolute Gasteiger partial charge is 0.240 e. The van der Waals surface area contributed by atoms with Crippen LogP contribution in [-0.2, 0) is 6.54 Å². The Balaban J connectivity index is 1.48. The fourth-order valence-electron chi connectivity index (χ4n) is 2.87. The van der Waals surface area contributed by atoms with Gasteiger partial charge in [-0.25, -0.2) is 0 Å². The lowest BCUT2D eigenvalue weighted by atomic mass is 10.1. The Morgan fingerprint density at radius 2 is 2.32 bits per heavy atom. The summed E-state index contributed by atoms with van der Waals surface area (Å²) in [6.07, 6.45) is 4.94. The summed E-state index contributed by atoms with van der Waals surface area (Å²) < 4.78 is 5.39. The van der Waals surface area contributed by atoms with E-state index < -0.39 is 0 Å². The maximum atomic E-state index is 5.39. The minimum Gasteiger partial charge on any atom is -0.338 e. The number of rotatable bonds is 4. The van der Waals surface area contributed by atoms with Crippen molar-refractivity contribution in [2.75, 3.05) is 6.54 Å². The second-order valence-corrected chi connectivity index (χ2v) is 6.29. The average molecular weight is 275 g/mol. The Kier molecular flexibility index (Phi) is 2.89. The average Bonchev–Trinajstić information content (AvgIpc) is 2.89. The summed E-state index contributed by atoms with van der Waals surface area (Å²) in [6, 6.07) is 2.76. The lowest BCUT2D eigenvalue weighted by Crippen LogP contribution is -2.22. The monoisotopic (exact) mass is 275 g/mol. The zero-order valence-electron chi connectivity index (χ0n) is 10.8. The van der Waals surface area contributed by atoms with E-state index in [0.717, 1.165) is 24.8 Å². The molecule has 1 atom stereocenters. The minimum absolute atomic E-state index is 0.530. The van der Waals surface area contributed by atoms with Crippen molar-refractivity contribution in [2.24, 2.45) is 0 Å². The molecule has 4 nitrogen and oxygen atoms in total. The minimum atomic E-state index is 0.530. The normalized spacial score (nSPS) is 24.1. The van der Waals surface area contributed by atoms with E-state index >= 15 is 0 Å². The van der Waals surface area contributed by atoms with E-state index in [1.807, 2.05) is 0 Å². The van der Waals surface area contributed by atoms with Crippen molar-refractivity contribution in [1.29, 1.82) is 0 Å². The molecule has 2 fully saturated rings. The van der Waals surface area contributed by atoms with Gasteiger partial charge in [0.25, 0.3) is 0 Å². The van der Waals surface area contributed by atoms with Crippen LogP contribution in [0, 0.1) is 0 Å². The van der Waals surface area contributed by atoms with Gasteiger partial charge in [0, 0.05) is 12.0 Å². The van der Waals surface area contributed by atoms with Crippen molar-refractivity contribution in [2.45, 2.75) is 44.2 Å². The van der Waals surface area contributed by atoms with Gasteiger partial charge in [0.15, 0.2) is 5.82 Å². The Morgan fingerprint density at radius 1 is 1.37 bits per heavy atom. The Bertz CT molecular complexity index is 547. The van der Waals surface area contributed by atoms with Crippen molar-refractivity contribution in [3.63, 3.8) is 0 Å². The Hall–Kier alpha value is -1.20. The molecule has 0 amide bonds. The van der Waals surface area contributed by atoms with Crippen LogP contribution in [0.5, 0.6) is 0 Å². The van der Waals surface area contributed by atoms with E-state index in [-0.39, 0.29) is 0 Å². The molecule has 3 heterocycles. The molecule has 1 saturated carbocycles. The molecule has 1 saturated heterocycles. The Morgan fingerprint density at radius 3 is 3.11 bits per heavy atom. The van der Waals surface area contributed by atoms with E-state index in [9.17, 15) is 0 Å². The van der Waals surface area contributed by atoms with Gasteiger partial charge >= 0.3 is 0 Å². The highest BCUT2D eigenvalue weighted by Crippen LogP contribution is 2.38. The van der Waals surface area contributed by atoms with Gasteiger partial charge in [-0.1, -0.05) is 5.16 Å². The quantitative estimate of drug-likeness (QED) is 0.858. The summed E-state index contributed by atoms with van der Waals surface area (Å²) >= 11 is 1.77. The molecule has 100 valence electrons. The maximum absolute atomic E-state index is 5.39. The summed E-state index contributed by atoms with van der Waals surface area (Å²) in [5, 5.41) is 8.51. The number of aromatic nitrogens is 2. The fourth-order valence-corrected chi connectivity index (χ4v) is 3.58. The molecular formula is C14H17N3OS. The summed E-state index contributed by atoms with van der Waals surface area (Å²) in [6.45, 7) is 1.92. The van der Waals surface area contributed by atoms with Gasteiger partial charge in [0.2, 0.25) is 5.89 Å². The molecule has 5 heteroatoms. The van der Waals surface area contributed by atoms with Crippen molar-refractivity contribution in [1.82, 2.24) is 15.0 Å². The number of thiophene rings is 1. The van der Waals surface area contributed by atoms with Crippen molar-refractivity contribution < 1.29 is 4.52 Å². The second-order valence-electron chi connectivity index (χ2n) is 5.51. The molecule has 0 N–H and O–H groups in total. The largest absolute Gasteiger partial charge is 0.338 e. The molecule has 0 spiro atoms. The van der Waals surface area contributed by atoms with Crippen molar-refractivity contribution >= 4 is 11.3 Å². The van der Waals surface area contributed by atoms with E-state index in [4.69, 9.17) is 4.52 Å². The number of likely N-dealkylation sites (tertiary alicyclic amines) is 1. The molecular weight excluding hydrogens is 258 g/mol. The van der Waals surface area contributed by atoms with Crippen LogP contribution in [0.2, 0.25) is 0 Å². The summed E-state index contributed by atoms with van der Waals surface area (Å²) in [4.78, 5) is 7.00. The summed E-state index contributed by atoms with van der Waals surface area (Å²) in [7, 11) is 0. The molecule has 4 rings (SSSR count). The van der Waals surface area contributed by atoms with Crippen LogP contribution in [0.3, 0.4) is 0 Å². The van der Waals surface area contributed by atoms with Crippen LogP contribution in [0.25, 0.3) is 0 Å². The van der Waals surface area contributed by atoms with E-state index in [1.165, 1.54) is 31.2 Å². The van der Waals surface area contributed by atoms with E-state index in [1.54, 1.807) is 11.3 Å². The predicted octanol–water partition coefficient (Wildman–Crippen LogP) is 3.35. The fraction of sp³-hybridized carbons (Fsp3) is 0.571. The van der Waals surface area contributed by atoms with Crippen LogP contribution in [0.1, 0.15) is 54.9 Å². The first-order valence-corrected chi connectivity index (χ1v) is 7.93. The number of hydrogen-bond donors (Lipinski definition) is 0. The highest BCUT2D eigenvalue weighted by atomic mass is 32.1. The van der Waals surface area contributed by atoms with Crippen molar-refractivity contribution in [3.8, 4) is 0 Å². The zero-order valence-corrected chi connectivity index (χ0v) is 11.6. The van der Waals surface area contributed by atoms with Crippen molar-refractivity contribution in [3.05, 3.63) is 34.1 Å².